The van der Waals surface area contributed by atoms with E-state index in [1.54, 1.807) is 6.07 Å². The first-order valence-electron chi connectivity index (χ1n) is 9.73. The summed E-state index contributed by atoms with van der Waals surface area (Å²) in [5.74, 6) is -0.653. The molecule has 160 valence electrons. The standard InChI is InChI=1S/C21H25F4NO3/c1-14-9-16-11-18(29-8-2-5-21(23,24)25)4-3-15(16)10-17(14)12-26-7-6-20(22,13-26)19(27)28/h3-4,10-11,14H,2,5-9,12-13H2,1H3,(H,27,28)/t14-,20+/m1/s1. The normalized spacial score (nSPS) is 24.9. The van der Waals surface area contributed by atoms with Crippen LogP contribution in [0.1, 0.15) is 37.3 Å². The zero-order chi connectivity index (χ0) is 21.2. The molecular formula is C21H25F4NO3. The Kier molecular flexibility index (Phi) is 6.22. The number of carboxylic acid groups (broad SMARTS) is 1. The molecule has 0 radical (unpaired) electrons. The Labute approximate surface area is 167 Å². The number of carboxylic acids is 1. The Balaban J connectivity index is 1.60. The summed E-state index contributed by atoms with van der Waals surface area (Å²) < 4.78 is 56.3. The van der Waals surface area contributed by atoms with Crippen LogP contribution in [-0.4, -0.2) is 54.1 Å². The largest absolute Gasteiger partial charge is 0.494 e. The third-order valence-corrected chi connectivity index (χ3v) is 5.58. The number of aliphatic carboxylic acids is 1. The molecule has 1 fully saturated rings. The van der Waals surface area contributed by atoms with Crippen LogP contribution in [0.5, 0.6) is 5.75 Å². The van der Waals surface area contributed by atoms with Crippen LogP contribution in [0.25, 0.3) is 6.08 Å². The van der Waals surface area contributed by atoms with Crippen molar-refractivity contribution in [1.29, 1.82) is 0 Å². The summed E-state index contributed by atoms with van der Waals surface area (Å²) in [6.45, 7) is 2.89. The quantitative estimate of drug-likeness (QED) is 0.527. The Hall–Kier alpha value is -2.09. The number of likely N-dealkylation sites (tertiary alicyclic amines) is 1. The van der Waals surface area contributed by atoms with E-state index in [0.29, 0.717) is 18.8 Å². The Morgan fingerprint density at radius 2 is 2.14 bits per heavy atom. The predicted molar refractivity (Wildman–Crippen MR) is 101 cm³/mol. The summed E-state index contributed by atoms with van der Waals surface area (Å²) in [4.78, 5) is 12.9. The van der Waals surface area contributed by atoms with Gasteiger partial charge in [0.25, 0.3) is 0 Å². The third kappa shape index (κ3) is 5.50. The molecule has 0 amide bonds. The fourth-order valence-electron chi connectivity index (χ4n) is 3.87. The van der Waals surface area contributed by atoms with Gasteiger partial charge in [0.15, 0.2) is 0 Å². The lowest BCUT2D eigenvalue weighted by Crippen LogP contribution is -2.37. The summed E-state index contributed by atoms with van der Waals surface area (Å²) in [6.07, 6.45) is -2.33. The number of alkyl halides is 4. The minimum Gasteiger partial charge on any atom is -0.494 e. The van der Waals surface area contributed by atoms with E-state index in [0.717, 1.165) is 23.1 Å². The van der Waals surface area contributed by atoms with E-state index in [-0.39, 0.29) is 31.9 Å². The van der Waals surface area contributed by atoms with Gasteiger partial charge in [0.05, 0.1) is 6.61 Å². The first-order chi connectivity index (χ1) is 13.6. The van der Waals surface area contributed by atoms with E-state index in [1.165, 1.54) is 0 Å². The number of carbonyl (C=O) groups is 1. The average Bonchev–Trinajstić information content (AvgIpc) is 3.01. The van der Waals surface area contributed by atoms with Crippen LogP contribution in [0.2, 0.25) is 0 Å². The van der Waals surface area contributed by atoms with Crippen molar-refractivity contribution in [2.75, 3.05) is 26.2 Å². The summed E-state index contributed by atoms with van der Waals surface area (Å²) >= 11 is 0. The van der Waals surface area contributed by atoms with Gasteiger partial charge in [0.1, 0.15) is 5.75 Å². The van der Waals surface area contributed by atoms with Gasteiger partial charge in [-0.3, -0.25) is 4.90 Å². The van der Waals surface area contributed by atoms with Crippen molar-refractivity contribution >= 4 is 12.0 Å². The van der Waals surface area contributed by atoms with Gasteiger partial charge in [0, 0.05) is 32.5 Å². The molecule has 0 unspecified atom stereocenters. The number of fused-ring (bicyclic) bond motifs is 1. The molecule has 1 aromatic rings. The maximum absolute atomic E-state index is 14.3. The fourth-order valence-corrected chi connectivity index (χ4v) is 3.87. The number of benzene rings is 1. The summed E-state index contributed by atoms with van der Waals surface area (Å²) in [6, 6.07) is 5.48. The smallest absolute Gasteiger partial charge is 0.389 e. The van der Waals surface area contributed by atoms with E-state index >= 15 is 0 Å². The van der Waals surface area contributed by atoms with Gasteiger partial charge >= 0.3 is 12.1 Å². The van der Waals surface area contributed by atoms with Crippen molar-refractivity contribution in [3.05, 3.63) is 34.9 Å². The number of halogens is 4. The van der Waals surface area contributed by atoms with Gasteiger partial charge in [0.2, 0.25) is 5.67 Å². The van der Waals surface area contributed by atoms with Crippen LogP contribution in [0, 0.1) is 5.92 Å². The van der Waals surface area contributed by atoms with E-state index in [9.17, 15) is 22.4 Å². The zero-order valence-electron chi connectivity index (χ0n) is 16.3. The van der Waals surface area contributed by atoms with Gasteiger partial charge in [-0.05, 0) is 42.0 Å². The highest BCUT2D eigenvalue weighted by Gasteiger charge is 2.45. The average molecular weight is 415 g/mol. The van der Waals surface area contributed by atoms with Crippen LogP contribution in [0.4, 0.5) is 17.6 Å². The lowest BCUT2D eigenvalue weighted by molar-refractivity contribution is -0.149. The van der Waals surface area contributed by atoms with Gasteiger partial charge < -0.3 is 9.84 Å². The Bertz CT molecular complexity index is 793. The Morgan fingerprint density at radius 1 is 1.38 bits per heavy atom. The first kappa shape index (κ1) is 21.6. The number of rotatable bonds is 7. The molecule has 1 aliphatic carbocycles. The highest BCUT2D eigenvalue weighted by molar-refractivity contribution is 5.78. The van der Waals surface area contributed by atoms with Gasteiger partial charge in [-0.25, -0.2) is 9.18 Å². The molecule has 4 nitrogen and oxygen atoms in total. The molecule has 1 N–H and O–H groups in total. The number of nitrogens with zero attached hydrogens (tertiary/aromatic N) is 1. The number of hydrogen-bond donors (Lipinski definition) is 1. The SMILES string of the molecule is C[C@@H]1Cc2cc(OCCCC(F)(F)F)ccc2C=C1CN1CC[C@@](F)(C(=O)O)C1. The second kappa shape index (κ2) is 8.34. The zero-order valence-corrected chi connectivity index (χ0v) is 16.3. The summed E-state index contributed by atoms with van der Waals surface area (Å²) in [5.41, 5.74) is 1.01. The van der Waals surface area contributed by atoms with Crippen LogP contribution in [-0.2, 0) is 11.2 Å². The van der Waals surface area contributed by atoms with Gasteiger partial charge in [-0.2, -0.15) is 13.2 Å². The number of hydrogen-bond acceptors (Lipinski definition) is 3. The molecule has 0 aromatic heterocycles. The van der Waals surface area contributed by atoms with E-state index < -0.39 is 24.2 Å². The predicted octanol–water partition coefficient (Wildman–Crippen LogP) is 4.48. The second-order valence-corrected chi connectivity index (χ2v) is 7.98. The molecule has 1 aliphatic heterocycles. The van der Waals surface area contributed by atoms with Gasteiger partial charge in [-0.15, -0.1) is 0 Å². The second-order valence-electron chi connectivity index (χ2n) is 7.98. The van der Waals surface area contributed by atoms with Crippen LogP contribution < -0.4 is 4.74 Å². The maximum Gasteiger partial charge on any atom is 0.389 e. The topological polar surface area (TPSA) is 49.8 Å². The van der Waals surface area contributed by atoms with Crippen LogP contribution in [0.15, 0.2) is 23.8 Å². The molecule has 0 saturated carbocycles. The van der Waals surface area contributed by atoms with Gasteiger partial charge in [-0.1, -0.05) is 24.6 Å². The molecule has 1 saturated heterocycles. The molecule has 0 bridgehead atoms. The van der Waals surface area contributed by atoms with E-state index in [1.807, 2.05) is 23.1 Å². The van der Waals surface area contributed by atoms with Crippen molar-refractivity contribution in [2.45, 2.75) is 44.5 Å². The molecule has 8 heteroatoms. The van der Waals surface area contributed by atoms with Crippen molar-refractivity contribution < 1.29 is 32.2 Å². The summed E-state index contributed by atoms with van der Waals surface area (Å²) in [5, 5.41) is 9.04. The lowest BCUT2D eigenvalue weighted by atomic mass is 9.84. The lowest BCUT2D eigenvalue weighted by Gasteiger charge is -2.27. The Morgan fingerprint density at radius 3 is 2.79 bits per heavy atom. The molecule has 2 aliphatic rings. The van der Waals surface area contributed by atoms with Crippen molar-refractivity contribution in [3.8, 4) is 5.75 Å². The molecule has 3 rings (SSSR count). The highest BCUT2D eigenvalue weighted by Crippen LogP contribution is 2.33. The molecule has 1 heterocycles. The molecule has 1 aromatic carbocycles. The first-order valence-corrected chi connectivity index (χ1v) is 9.73. The molecular weight excluding hydrogens is 390 g/mol. The monoisotopic (exact) mass is 415 g/mol. The third-order valence-electron chi connectivity index (χ3n) is 5.58. The van der Waals surface area contributed by atoms with Crippen molar-refractivity contribution in [3.63, 3.8) is 0 Å². The fraction of sp³-hybridized carbons (Fsp3) is 0.571. The minimum absolute atomic E-state index is 0.00435. The van der Waals surface area contributed by atoms with Crippen LogP contribution in [0.3, 0.4) is 0 Å². The molecule has 0 spiro atoms. The number of ether oxygens (including phenoxy) is 1. The van der Waals surface area contributed by atoms with E-state index in [4.69, 9.17) is 9.84 Å². The van der Waals surface area contributed by atoms with Crippen LogP contribution >= 0.6 is 0 Å². The highest BCUT2D eigenvalue weighted by atomic mass is 19.4. The van der Waals surface area contributed by atoms with Crippen molar-refractivity contribution in [1.82, 2.24) is 4.90 Å². The maximum atomic E-state index is 14.3. The van der Waals surface area contributed by atoms with E-state index in [2.05, 4.69) is 6.92 Å². The summed E-state index contributed by atoms with van der Waals surface area (Å²) in [7, 11) is 0. The molecule has 29 heavy (non-hydrogen) atoms. The van der Waals surface area contributed by atoms with Crippen molar-refractivity contribution in [2.24, 2.45) is 5.92 Å². The molecule has 2 atom stereocenters. The minimum atomic E-state index is -4.17.